The third-order valence-corrected chi connectivity index (χ3v) is 7.31. The van der Waals surface area contributed by atoms with Crippen molar-refractivity contribution in [2.75, 3.05) is 6.54 Å². The highest BCUT2D eigenvalue weighted by Crippen LogP contribution is 2.58. The van der Waals surface area contributed by atoms with E-state index in [0.29, 0.717) is 22.5 Å². The highest BCUT2D eigenvalue weighted by molar-refractivity contribution is 7.97. The Labute approximate surface area is 204 Å². The Morgan fingerprint density at radius 3 is 2.55 bits per heavy atom. The molecule has 0 bridgehead atoms. The average Bonchev–Trinajstić information content (AvgIpc) is 3.40. The van der Waals surface area contributed by atoms with Crippen LogP contribution in [0.1, 0.15) is 38.7 Å². The van der Waals surface area contributed by atoms with Crippen LogP contribution in [-0.2, 0) is 4.79 Å². The Kier molecular flexibility index (Phi) is 8.20. The number of nitrogens with zero attached hydrogens (tertiary/aromatic N) is 1. The van der Waals surface area contributed by atoms with E-state index >= 15 is 0 Å². The molecule has 2 aromatic carbocycles. The van der Waals surface area contributed by atoms with Crippen molar-refractivity contribution in [3.8, 4) is 0 Å². The molecule has 31 heavy (non-hydrogen) atoms. The first-order valence-corrected chi connectivity index (χ1v) is 12.1. The summed E-state index contributed by atoms with van der Waals surface area (Å²) in [4.78, 5) is 13.5. The number of rotatable bonds is 8. The molecular weight excluding hydrogens is 469 g/mol. The van der Waals surface area contributed by atoms with Gasteiger partial charge in [0.25, 0.3) is 5.91 Å². The Morgan fingerprint density at radius 2 is 1.90 bits per heavy atom. The van der Waals surface area contributed by atoms with E-state index in [0.717, 1.165) is 22.5 Å². The molecule has 0 aliphatic heterocycles. The molecule has 0 saturated heterocycles. The van der Waals surface area contributed by atoms with Gasteiger partial charge in [-0.1, -0.05) is 73.5 Å². The second-order valence-corrected chi connectivity index (χ2v) is 10.9. The maximum Gasteiger partial charge on any atom is 0.256 e. The minimum atomic E-state index is -0.453. The lowest BCUT2D eigenvalue weighted by atomic mass is 10.1. The van der Waals surface area contributed by atoms with Crippen molar-refractivity contribution in [1.29, 1.82) is 0 Å². The van der Waals surface area contributed by atoms with Crippen LogP contribution >= 0.6 is 46.8 Å². The van der Waals surface area contributed by atoms with E-state index in [9.17, 15) is 4.79 Å². The summed E-state index contributed by atoms with van der Waals surface area (Å²) in [6, 6.07) is 15.6. The van der Waals surface area contributed by atoms with Gasteiger partial charge in [0.2, 0.25) is 0 Å². The largest absolute Gasteiger partial charge is 0.278 e. The summed E-state index contributed by atoms with van der Waals surface area (Å²) >= 11 is 20.4. The predicted octanol–water partition coefficient (Wildman–Crippen LogP) is 8.15. The van der Waals surface area contributed by atoms with Gasteiger partial charge in [0.15, 0.2) is 0 Å². The lowest BCUT2D eigenvalue weighted by Crippen LogP contribution is -2.26. The number of hydrogen-bond donors (Lipinski definition) is 0. The molecule has 0 heterocycles. The molecule has 0 radical (unpaired) electrons. The SMILES string of the molecule is CC(/C=C/[C@]1(Cl)CC1c1ccc(Cl)c(Cl)c1)=C\C(=O)N(CC(C)C)Sc1ccccc1. The first-order valence-electron chi connectivity index (χ1n) is 10.2. The minimum absolute atomic E-state index is 0.0230. The molecule has 2 atom stereocenters. The van der Waals surface area contributed by atoms with Crippen LogP contribution in [0.25, 0.3) is 0 Å². The van der Waals surface area contributed by atoms with Crippen molar-refractivity contribution in [3.05, 3.63) is 87.9 Å². The molecule has 1 unspecified atom stereocenters. The van der Waals surface area contributed by atoms with Crippen LogP contribution in [0.2, 0.25) is 10.0 Å². The van der Waals surface area contributed by atoms with Gasteiger partial charge in [-0.3, -0.25) is 9.10 Å². The number of benzene rings is 2. The number of amides is 1. The lowest BCUT2D eigenvalue weighted by Gasteiger charge is -2.22. The van der Waals surface area contributed by atoms with E-state index in [1.54, 1.807) is 12.1 Å². The Hall–Kier alpha value is -1.39. The van der Waals surface area contributed by atoms with Crippen molar-refractivity contribution in [2.45, 2.75) is 42.9 Å². The zero-order chi connectivity index (χ0) is 22.6. The maximum atomic E-state index is 12.9. The number of halogens is 3. The second kappa shape index (κ2) is 10.5. The fourth-order valence-electron chi connectivity index (χ4n) is 3.26. The molecule has 2 nitrogen and oxygen atoms in total. The highest BCUT2D eigenvalue weighted by Gasteiger charge is 2.51. The van der Waals surface area contributed by atoms with Gasteiger partial charge in [0, 0.05) is 23.4 Å². The van der Waals surface area contributed by atoms with Gasteiger partial charge in [-0.25, -0.2) is 0 Å². The third kappa shape index (κ3) is 6.79. The van der Waals surface area contributed by atoms with Crippen molar-refractivity contribution < 1.29 is 4.79 Å². The zero-order valence-corrected chi connectivity index (χ0v) is 20.9. The molecule has 164 valence electrons. The molecule has 3 rings (SSSR count). The van der Waals surface area contributed by atoms with Crippen LogP contribution in [0.5, 0.6) is 0 Å². The molecule has 1 aliphatic rings. The monoisotopic (exact) mass is 493 g/mol. The van der Waals surface area contributed by atoms with Crippen LogP contribution < -0.4 is 0 Å². The lowest BCUT2D eigenvalue weighted by molar-refractivity contribution is -0.121. The van der Waals surface area contributed by atoms with E-state index in [1.165, 1.54) is 11.9 Å². The van der Waals surface area contributed by atoms with E-state index < -0.39 is 4.87 Å². The summed E-state index contributed by atoms with van der Waals surface area (Å²) in [6.07, 6.45) is 6.42. The van der Waals surface area contributed by atoms with Gasteiger partial charge in [-0.05, 0) is 66.6 Å². The molecule has 1 saturated carbocycles. The van der Waals surface area contributed by atoms with Crippen LogP contribution in [-0.4, -0.2) is 21.6 Å². The molecule has 6 heteroatoms. The molecule has 1 amide bonds. The van der Waals surface area contributed by atoms with Crippen molar-refractivity contribution in [3.63, 3.8) is 0 Å². The molecular formula is C25H26Cl3NOS. The van der Waals surface area contributed by atoms with Gasteiger partial charge in [-0.15, -0.1) is 11.6 Å². The summed E-state index contributed by atoms with van der Waals surface area (Å²) in [5.74, 6) is 0.536. The summed E-state index contributed by atoms with van der Waals surface area (Å²) in [5.41, 5.74) is 1.95. The van der Waals surface area contributed by atoms with Crippen LogP contribution in [0.4, 0.5) is 0 Å². The van der Waals surface area contributed by atoms with E-state index in [1.807, 2.05) is 65.8 Å². The van der Waals surface area contributed by atoms with E-state index in [4.69, 9.17) is 34.8 Å². The smallest absolute Gasteiger partial charge is 0.256 e. The number of hydrogen-bond acceptors (Lipinski definition) is 2. The summed E-state index contributed by atoms with van der Waals surface area (Å²) < 4.78 is 1.81. The van der Waals surface area contributed by atoms with Crippen LogP contribution in [0.15, 0.2) is 77.2 Å². The molecule has 0 spiro atoms. The van der Waals surface area contributed by atoms with Crippen molar-refractivity contribution in [1.82, 2.24) is 4.31 Å². The van der Waals surface area contributed by atoms with E-state index in [2.05, 4.69) is 13.8 Å². The average molecular weight is 495 g/mol. The fourth-order valence-corrected chi connectivity index (χ4v) is 4.96. The first kappa shape index (κ1) is 24.3. The fraction of sp³-hybridized carbons (Fsp3) is 0.320. The summed E-state index contributed by atoms with van der Waals surface area (Å²) in [6.45, 7) is 6.81. The highest BCUT2D eigenvalue weighted by atomic mass is 35.5. The van der Waals surface area contributed by atoms with Gasteiger partial charge in [-0.2, -0.15) is 0 Å². The van der Waals surface area contributed by atoms with Gasteiger partial charge >= 0.3 is 0 Å². The minimum Gasteiger partial charge on any atom is -0.278 e. The number of carbonyl (C=O) groups is 1. The molecule has 1 aliphatic carbocycles. The topological polar surface area (TPSA) is 20.3 Å². The standard InChI is InChI=1S/C25H26Cl3NOS/c1-17(2)16-29(31-20-7-5-4-6-8-20)24(30)13-18(3)11-12-25(28)15-21(25)19-9-10-22(26)23(27)14-19/h4-14,17,21H,15-16H2,1-3H3/b12-11+,18-13+/t21?,25-/m0/s1. The number of carbonyl (C=O) groups excluding carboxylic acids is 1. The molecule has 2 aromatic rings. The Morgan fingerprint density at radius 1 is 1.19 bits per heavy atom. The maximum absolute atomic E-state index is 12.9. The van der Waals surface area contributed by atoms with Gasteiger partial charge in [0.1, 0.15) is 0 Å². The molecule has 1 fully saturated rings. The summed E-state index contributed by atoms with van der Waals surface area (Å²) in [7, 11) is 0. The Bertz CT molecular complexity index is 990. The van der Waals surface area contributed by atoms with Gasteiger partial charge in [0.05, 0.1) is 14.9 Å². The number of allylic oxidation sites excluding steroid dienone is 3. The van der Waals surface area contributed by atoms with Gasteiger partial charge < -0.3 is 0 Å². The molecule has 0 N–H and O–H groups in total. The van der Waals surface area contributed by atoms with Crippen LogP contribution in [0.3, 0.4) is 0 Å². The zero-order valence-electron chi connectivity index (χ0n) is 17.8. The summed E-state index contributed by atoms with van der Waals surface area (Å²) in [5, 5.41) is 1.08. The normalized spacial score (nSPS) is 21.0. The number of alkyl halides is 1. The van der Waals surface area contributed by atoms with Crippen molar-refractivity contribution in [2.24, 2.45) is 5.92 Å². The van der Waals surface area contributed by atoms with Crippen molar-refractivity contribution >= 4 is 52.7 Å². The third-order valence-electron chi connectivity index (χ3n) is 4.99. The molecule has 0 aromatic heterocycles. The predicted molar refractivity (Wildman–Crippen MR) is 134 cm³/mol. The Balaban J connectivity index is 1.66. The quantitative estimate of drug-likeness (QED) is 0.160. The second-order valence-electron chi connectivity index (χ2n) is 8.28. The van der Waals surface area contributed by atoms with Crippen LogP contribution in [0, 0.1) is 5.92 Å². The van der Waals surface area contributed by atoms with E-state index in [-0.39, 0.29) is 11.8 Å². The first-order chi connectivity index (χ1) is 14.7.